The van der Waals surface area contributed by atoms with Gasteiger partial charge in [0.1, 0.15) is 17.2 Å². The minimum atomic E-state index is -0.565. The van der Waals surface area contributed by atoms with Crippen LogP contribution in [0.3, 0.4) is 0 Å². The van der Waals surface area contributed by atoms with Crippen LogP contribution in [-0.2, 0) is 0 Å². The van der Waals surface area contributed by atoms with Gasteiger partial charge in [0, 0.05) is 13.1 Å². The molecule has 0 fully saturated rings. The second-order valence-electron chi connectivity index (χ2n) is 4.82. The first kappa shape index (κ1) is 16.6. The van der Waals surface area contributed by atoms with Crippen LogP contribution in [0.4, 0.5) is 10.1 Å². The molecule has 120 valence electrons. The van der Waals surface area contributed by atoms with Crippen molar-refractivity contribution in [2.45, 2.75) is 13.8 Å². The molecule has 0 aliphatic heterocycles. The smallest absolute Gasteiger partial charge is 0.274 e. The van der Waals surface area contributed by atoms with E-state index in [1.165, 1.54) is 24.3 Å². The minimum absolute atomic E-state index is 0.0614. The van der Waals surface area contributed by atoms with Gasteiger partial charge < -0.3 is 10.2 Å². The molecule has 2 rings (SSSR count). The Hall–Kier alpha value is -2.76. The molecule has 0 aliphatic rings. The molecular formula is C17H18FN3O2. The van der Waals surface area contributed by atoms with Gasteiger partial charge in [0.25, 0.3) is 11.8 Å². The van der Waals surface area contributed by atoms with Gasteiger partial charge in [-0.25, -0.2) is 9.37 Å². The van der Waals surface area contributed by atoms with E-state index in [0.717, 1.165) is 0 Å². The lowest BCUT2D eigenvalue weighted by Crippen LogP contribution is -2.31. The van der Waals surface area contributed by atoms with Crippen LogP contribution >= 0.6 is 0 Å². The number of hydrogen-bond acceptors (Lipinski definition) is 3. The Morgan fingerprint density at radius 3 is 2.35 bits per heavy atom. The Bertz CT molecular complexity index is 714. The van der Waals surface area contributed by atoms with E-state index >= 15 is 0 Å². The van der Waals surface area contributed by atoms with Crippen LogP contribution in [0.25, 0.3) is 0 Å². The summed E-state index contributed by atoms with van der Waals surface area (Å²) in [5, 5.41) is 2.45. The van der Waals surface area contributed by atoms with E-state index < -0.39 is 11.7 Å². The predicted molar refractivity (Wildman–Crippen MR) is 85.8 cm³/mol. The first-order valence-electron chi connectivity index (χ1n) is 7.39. The highest BCUT2D eigenvalue weighted by Crippen LogP contribution is 2.14. The summed E-state index contributed by atoms with van der Waals surface area (Å²) in [6, 6.07) is 10.5. The highest BCUT2D eigenvalue weighted by molar-refractivity contribution is 6.03. The fourth-order valence-electron chi connectivity index (χ4n) is 2.10. The summed E-state index contributed by atoms with van der Waals surface area (Å²) in [6.45, 7) is 4.86. The third-order valence-corrected chi connectivity index (χ3v) is 3.37. The summed E-state index contributed by atoms with van der Waals surface area (Å²) < 4.78 is 13.6. The molecule has 23 heavy (non-hydrogen) atoms. The zero-order valence-corrected chi connectivity index (χ0v) is 13.0. The summed E-state index contributed by atoms with van der Waals surface area (Å²) in [7, 11) is 0. The normalized spacial score (nSPS) is 10.2. The molecule has 0 saturated carbocycles. The molecule has 1 aromatic heterocycles. The minimum Gasteiger partial charge on any atom is -0.338 e. The number of nitrogens with zero attached hydrogens (tertiary/aromatic N) is 2. The van der Waals surface area contributed by atoms with Crippen molar-refractivity contribution in [2.24, 2.45) is 0 Å². The summed E-state index contributed by atoms with van der Waals surface area (Å²) in [6.07, 6.45) is 0. The number of halogens is 1. The van der Waals surface area contributed by atoms with Gasteiger partial charge in [0.15, 0.2) is 0 Å². The number of carbonyl (C=O) groups is 2. The Labute approximate surface area is 134 Å². The van der Waals surface area contributed by atoms with Gasteiger partial charge in [-0.15, -0.1) is 0 Å². The topological polar surface area (TPSA) is 62.3 Å². The SMILES string of the molecule is CCN(CC)C(=O)c1cccc(C(=O)Nc2ccccc2F)n1. The standard InChI is InChI=1S/C17H18FN3O2/c1-3-21(4-2)17(23)15-11-7-10-14(19-15)16(22)20-13-9-6-5-8-12(13)18/h5-11H,3-4H2,1-2H3,(H,20,22). The van der Waals surface area contributed by atoms with Crippen LogP contribution < -0.4 is 5.32 Å². The van der Waals surface area contributed by atoms with Gasteiger partial charge in [-0.05, 0) is 38.1 Å². The van der Waals surface area contributed by atoms with E-state index in [1.807, 2.05) is 13.8 Å². The Morgan fingerprint density at radius 2 is 1.70 bits per heavy atom. The second kappa shape index (κ2) is 7.49. The van der Waals surface area contributed by atoms with Gasteiger partial charge in [-0.1, -0.05) is 18.2 Å². The number of carbonyl (C=O) groups excluding carboxylic acids is 2. The molecule has 0 bridgehead atoms. The Kier molecular flexibility index (Phi) is 5.41. The molecule has 0 spiro atoms. The van der Waals surface area contributed by atoms with E-state index in [0.29, 0.717) is 13.1 Å². The van der Waals surface area contributed by atoms with Crippen LogP contribution in [0.1, 0.15) is 34.8 Å². The highest BCUT2D eigenvalue weighted by Gasteiger charge is 2.17. The molecular weight excluding hydrogens is 297 g/mol. The Morgan fingerprint density at radius 1 is 1.04 bits per heavy atom. The van der Waals surface area contributed by atoms with Crippen LogP contribution in [0.2, 0.25) is 0 Å². The molecule has 0 unspecified atom stereocenters. The van der Waals surface area contributed by atoms with E-state index in [-0.39, 0.29) is 23.0 Å². The zero-order valence-electron chi connectivity index (χ0n) is 13.0. The maximum atomic E-state index is 13.6. The van der Waals surface area contributed by atoms with Crippen LogP contribution in [-0.4, -0.2) is 34.8 Å². The summed E-state index contributed by atoms with van der Waals surface area (Å²) in [5.74, 6) is -1.34. The number of pyridine rings is 1. The van der Waals surface area contributed by atoms with Gasteiger partial charge in [0.2, 0.25) is 0 Å². The molecule has 6 heteroatoms. The molecule has 0 aliphatic carbocycles. The number of anilines is 1. The molecule has 2 aromatic rings. The summed E-state index contributed by atoms with van der Waals surface area (Å²) in [4.78, 5) is 30.2. The molecule has 0 atom stereocenters. The molecule has 1 heterocycles. The lowest BCUT2D eigenvalue weighted by atomic mass is 10.2. The lowest BCUT2D eigenvalue weighted by molar-refractivity contribution is 0.0767. The fraction of sp³-hybridized carbons (Fsp3) is 0.235. The van der Waals surface area contributed by atoms with Crippen molar-refractivity contribution in [3.05, 3.63) is 59.7 Å². The van der Waals surface area contributed by atoms with Gasteiger partial charge in [0.05, 0.1) is 5.69 Å². The average Bonchev–Trinajstić information content (AvgIpc) is 2.58. The maximum absolute atomic E-state index is 13.6. The van der Waals surface area contributed by atoms with Crippen LogP contribution in [0, 0.1) is 5.82 Å². The number of aromatic nitrogens is 1. The Balaban J connectivity index is 2.21. The monoisotopic (exact) mass is 315 g/mol. The first-order chi connectivity index (χ1) is 11.1. The molecule has 1 aromatic carbocycles. The predicted octanol–water partition coefficient (Wildman–Crippen LogP) is 2.96. The van der Waals surface area contributed by atoms with Crippen molar-refractivity contribution in [1.82, 2.24) is 9.88 Å². The van der Waals surface area contributed by atoms with Crippen molar-refractivity contribution < 1.29 is 14.0 Å². The molecule has 1 N–H and O–H groups in total. The number of hydrogen-bond donors (Lipinski definition) is 1. The number of amides is 2. The van der Waals surface area contributed by atoms with Gasteiger partial charge in [-0.3, -0.25) is 9.59 Å². The highest BCUT2D eigenvalue weighted by atomic mass is 19.1. The van der Waals surface area contributed by atoms with E-state index in [4.69, 9.17) is 0 Å². The van der Waals surface area contributed by atoms with Gasteiger partial charge >= 0.3 is 0 Å². The average molecular weight is 315 g/mol. The largest absolute Gasteiger partial charge is 0.338 e. The third kappa shape index (κ3) is 3.91. The van der Waals surface area contributed by atoms with Crippen LogP contribution in [0.15, 0.2) is 42.5 Å². The van der Waals surface area contributed by atoms with Crippen molar-refractivity contribution >= 4 is 17.5 Å². The van der Waals surface area contributed by atoms with Crippen molar-refractivity contribution in [3.8, 4) is 0 Å². The summed E-state index contributed by atoms with van der Waals surface area (Å²) >= 11 is 0. The quantitative estimate of drug-likeness (QED) is 0.922. The summed E-state index contributed by atoms with van der Waals surface area (Å²) in [5.41, 5.74) is 0.320. The van der Waals surface area contributed by atoms with Crippen molar-refractivity contribution in [2.75, 3.05) is 18.4 Å². The third-order valence-electron chi connectivity index (χ3n) is 3.37. The molecule has 2 amide bonds. The van der Waals surface area contributed by atoms with Gasteiger partial charge in [-0.2, -0.15) is 0 Å². The first-order valence-corrected chi connectivity index (χ1v) is 7.39. The number of rotatable bonds is 5. The molecule has 0 radical (unpaired) electrons. The van der Waals surface area contributed by atoms with E-state index in [1.54, 1.807) is 23.1 Å². The zero-order chi connectivity index (χ0) is 16.8. The van der Waals surface area contributed by atoms with E-state index in [9.17, 15) is 14.0 Å². The fourth-order valence-corrected chi connectivity index (χ4v) is 2.10. The molecule has 5 nitrogen and oxygen atoms in total. The number of benzene rings is 1. The van der Waals surface area contributed by atoms with Crippen molar-refractivity contribution in [1.29, 1.82) is 0 Å². The second-order valence-corrected chi connectivity index (χ2v) is 4.82. The number of para-hydroxylation sites is 1. The molecule has 0 saturated heterocycles. The lowest BCUT2D eigenvalue weighted by Gasteiger charge is -2.18. The van der Waals surface area contributed by atoms with Crippen LogP contribution in [0.5, 0.6) is 0 Å². The maximum Gasteiger partial charge on any atom is 0.274 e. The number of nitrogens with one attached hydrogen (secondary N) is 1. The van der Waals surface area contributed by atoms with E-state index in [2.05, 4.69) is 10.3 Å². The van der Waals surface area contributed by atoms with Crippen molar-refractivity contribution in [3.63, 3.8) is 0 Å².